The molecule has 0 fully saturated rings. The third-order valence-corrected chi connectivity index (χ3v) is 3.33. The van der Waals surface area contributed by atoms with E-state index in [2.05, 4.69) is 5.32 Å². The molecular weight excluding hydrogens is 269 g/mol. The van der Waals surface area contributed by atoms with Crippen LogP contribution in [0, 0.1) is 12.7 Å². The average molecular weight is 289 g/mol. The van der Waals surface area contributed by atoms with Crippen LogP contribution in [0.1, 0.15) is 16.7 Å². The minimum absolute atomic E-state index is 0.168. The van der Waals surface area contributed by atoms with Crippen LogP contribution in [-0.4, -0.2) is 14.2 Å². The fourth-order valence-electron chi connectivity index (χ4n) is 2.16. The van der Waals surface area contributed by atoms with Crippen LogP contribution in [-0.2, 0) is 13.1 Å². The Bertz CT molecular complexity index is 614. The van der Waals surface area contributed by atoms with Gasteiger partial charge >= 0.3 is 0 Å². The lowest BCUT2D eigenvalue weighted by molar-refractivity contribution is 0.354. The first-order chi connectivity index (χ1) is 10.1. The molecule has 0 saturated carbocycles. The van der Waals surface area contributed by atoms with Crippen LogP contribution in [0.4, 0.5) is 4.39 Å². The van der Waals surface area contributed by atoms with Gasteiger partial charge in [-0.25, -0.2) is 4.39 Å². The van der Waals surface area contributed by atoms with Gasteiger partial charge in [-0.3, -0.25) is 0 Å². The molecule has 2 rings (SSSR count). The lowest BCUT2D eigenvalue weighted by Gasteiger charge is -2.10. The molecule has 21 heavy (non-hydrogen) atoms. The second-order valence-corrected chi connectivity index (χ2v) is 4.88. The maximum absolute atomic E-state index is 13.2. The Morgan fingerprint density at radius 3 is 2.14 bits per heavy atom. The van der Waals surface area contributed by atoms with Crippen molar-refractivity contribution in [1.29, 1.82) is 0 Å². The number of hydrogen-bond acceptors (Lipinski definition) is 3. The smallest absolute Gasteiger partial charge is 0.161 e. The summed E-state index contributed by atoms with van der Waals surface area (Å²) in [4.78, 5) is 0. The minimum Gasteiger partial charge on any atom is -0.493 e. The Kier molecular flexibility index (Phi) is 5.17. The molecule has 3 nitrogen and oxygen atoms in total. The van der Waals surface area contributed by atoms with E-state index >= 15 is 0 Å². The summed E-state index contributed by atoms with van der Waals surface area (Å²) in [6.45, 7) is 3.17. The molecule has 0 aliphatic carbocycles. The van der Waals surface area contributed by atoms with E-state index in [9.17, 15) is 4.39 Å². The molecule has 0 bridgehead atoms. The Hall–Kier alpha value is -2.07. The molecule has 0 aliphatic heterocycles. The van der Waals surface area contributed by atoms with Crippen molar-refractivity contribution in [3.05, 3.63) is 58.9 Å². The van der Waals surface area contributed by atoms with Gasteiger partial charge in [-0.2, -0.15) is 0 Å². The summed E-state index contributed by atoms with van der Waals surface area (Å²) in [5.74, 6) is 1.27. The van der Waals surface area contributed by atoms with E-state index in [4.69, 9.17) is 9.47 Å². The van der Waals surface area contributed by atoms with E-state index in [0.717, 1.165) is 22.6 Å². The van der Waals surface area contributed by atoms with E-state index in [1.54, 1.807) is 27.2 Å². The van der Waals surface area contributed by atoms with Gasteiger partial charge in [-0.05, 0) is 41.8 Å². The molecule has 0 spiro atoms. The van der Waals surface area contributed by atoms with Crippen molar-refractivity contribution in [3.8, 4) is 11.5 Å². The quantitative estimate of drug-likeness (QED) is 0.883. The van der Waals surface area contributed by atoms with Gasteiger partial charge in [0.15, 0.2) is 11.5 Å². The lowest BCUT2D eigenvalue weighted by Crippen LogP contribution is -2.13. The van der Waals surface area contributed by atoms with Gasteiger partial charge in [0.2, 0.25) is 0 Å². The van der Waals surface area contributed by atoms with Gasteiger partial charge in [0.25, 0.3) is 0 Å². The van der Waals surface area contributed by atoms with Gasteiger partial charge in [0.1, 0.15) is 5.82 Å². The Morgan fingerprint density at radius 1 is 0.905 bits per heavy atom. The monoisotopic (exact) mass is 289 g/mol. The van der Waals surface area contributed by atoms with Crippen molar-refractivity contribution in [3.63, 3.8) is 0 Å². The van der Waals surface area contributed by atoms with Crippen LogP contribution in [0.5, 0.6) is 11.5 Å². The molecule has 0 aromatic heterocycles. The molecule has 0 atom stereocenters. The van der Waals surface area contributed by atoms with Crippen molar-refractivity contribution in [2.24, 2.45) is 0 Å². The molecule has 0 heterocycles. The maximum Gasteiger partial charge on any atom is 0.161 e. The highest BCUT2D eigenvalue weighted by Crippen LogP contribution is 2.27. The Labute approximate surface area is 124 Å². The molecule has 112 valence electrons. The standard InChI is InChI=1S/C17H20FNO2/c1-12-8-13(4-6-15(12)18)10-19-11-14-5-7-16(20-2)17(9-14)21-3/h4-9,19H,10-11H2,1-3H3. The van der Waals surface area contributed by atoms with E-state index in [0.29, 0.717) is 18.7 Å². The van der Waals surface area contributed by atoms with E-state index < -0.39 is 0 Å². The number of methoxy groups -OCH3 is 2. The summed E-state index contributed by atoms with van der Waals surface area (Å²) in [7, 11) is 3.24. The summed E-state index contributed by atoms with van der Waals surface area (Å²) in [5, 5.41) is 3.33. The molecule has 1 N–H and O–H groups in total. The first-order valence-corrected chi connectivity index (χ1v) is 6.80. The van der Waals surface area contributed by atoms with E-state index in [-0.39, 0.29) is 5.82 Å². The molecule has 0 radical (unpaired) electrons. The zero-order valence-corrected chi connectivity index (χ0v) is 12.6. The summed E-state index contributed by atoms with van der Waals surface area (Å²) >= 11 is 0. The largest absolute Gasteiger partial charge is 0.493 e. The van der Waals surface area contributed by atoms with Crippen LogP contribution >= 0.6 is 0 Å². The SMILES string of the molecule is COc1ccc(CNCc2ccc(F)c(C)c2)cc1OC. The summed E-state index contributed by atoms with van der Waals surface area (Å²) in [5.41, 5.74) is 2.83. The predicted molar refractivity (Wildman–Crippen MR) is 81.2 cm³/mol. The Morgan fingerprint density at radius 2 is 1.52 bits per heavy atom. The van der Waals surface area contributed by atoms with Crippen LogP contribution in [0.15, 0.2) is 36.4 Å². The normalized spacial score (nSPS) is 10.5. The van der Waals surface area contributed by atoms with Crippen LogP contribution in [0.25, 0.3) is 0 Å². The number of benzene rings is 2. The fraction of sp³-hybridized carbons (Fsp3) is 0.294. The zero-order chi connectivity index (χ0) is 15.2. The molecule has 0 saturated heterocycles. The maximum atomic E-state index is 13.2. The number of halogens is 1. The number of hydrogen-bond donors (Lipinski definition) is 1. The molecule has 0 amide bonds. The van der Waals surface area contributed by atoms with Crippen molar-refractivity contribution in [2.75, 3.05) is 14.2 Å². The number of aryl methyl sites for hydroxylation is 1. The van der Waals surface area contributed by atoms with E-state index in [1.807, 2.05) is 24.3 Å². The number of ether oxygens (including phenoxy) is 2. The van der Waals surface area contributed by atoms with Crippen molar-refractivity contribution in [1.82, 2.24) is 5.32 Å². The highest BCUT2D eigenvalue weighted by atomic mass is 19.1. The molecule has 2 aromatic rings. The molecule has 4 heteroatoms. The second kappa shape index (κ2) is 7.09. The number of rotatable bonds is 6. The van der Waals surface area contributed by atoms with Gasteiger partial charge in [0, 0.05) is 13.1 Å². The highest BCUT2D eigenvalue weighted by molar-refractivity contribution is 5.42. The van der Waals surface area contributed by atoms with Crippen molar-refractivity contribution < 1.29 is 13.9 Å². The molecule has 0 aliphatic rings. The average Bonchev–Trinajstić information content (AvgIpc) is 2.50. The number of nitrogens with one attached hydrogen (secondary N) is 1. The predicted octanol–water partition coefficient (Wildman–Crippen LogP) is 3.44. The van der Waals surface area contributed by atoms with Crippen LogP contribution < -0.4 is 14.8 Å². The zero-order valence-electron chi connectivity index (χ0n) is 12.6. The van der Waals surface area contributed by atoms with Crippen LogP contribution in [0.3, 0.4) is 0 Å². The molecule has 0 unspecified atom stereocenters. The summed E-state index contributed by atoms with van der Waals surface area (Å²) in [6.07, 6.45) is 0. The van der Waals surface area contributed by atoms with Gasteiger partial charge in [-0.1, -0.05) is 18.2 Å². The highest BCUT2D eigenvalue weighted by Gasteiger charge is 2.04. The van der Waals surface area contributed by atoms with Crippen LogP contribution in [0.2, 0.25) is 0 Å². The third-order valence-electron chi connectivity index (χ3n) is 3.33. The molecule has 2 aromatic carbocycles. The fourth-order valence-corrected chi connectivity index (χ4v) is 2.16. The van der Waals surface area contributed by atoms with Gasteiger partial charge < -0.3 is 14.8 Å². The Balaban J connectivity index is 1.95. The van der Waals surface area contributed by atoms with Gasteiger partial charge in [-0.15, -0.1) is 0 Å². The first kappa shape index (κ1) is 15.3. The summed E-state index contributed by atoms with van der Waals surface area (Å²) < 4.78 is 23.7. The van der Waals surface area contributed by atoms with E-state index in [1.165, 1.54) is 6.07 Å². The second-order valence-electron chi connectivity index (χ2n) is 4.88. The topological polar surface area (TPSA) is 30.5 Å². The van der Waals surface area contributed by atoms with Crippen molar-refractivity contribution in [2.45, 2.75) is 20.0 Å². The minimum atomic E-state index is -0.168. The lowest BCUT2D eigenvalue weighted by atomic mass is 10.1. The van der Waals surface area contributed by atoms with Crippen molar-refractivity contribution >= 4 is 0 Å². The summed E-state index contributed by atoms with van der Waals surface area (Å²) in [6, 6.07) is 11.0. The third kappa shape index (κ3) is 3.95. The van der Waals surface area contributed by atoms with Gasteiger partial charge in [0.05, 0.1) is 14.2 Å². The first-order valence-electron chi connectivity index (χ1n) is 6.80. The molecular formula is C17H20FNO2.